The fourth-order valence-electron chi connectivity index (χ4n) is 1.43. The predicted molar refractivity (Wildman–Crippen MR) is 70.0 cm³/mol. The van der Waals surface area contributed by atoms with Crippen LogP contribution in [0.15, 0.2) is 29.3 Å². The summed E-state index contributed by atoms with van der Waals surface area (Å²) in [5.74, 6) is 2.54. The molecule has 0 fully saturated rings. The van der Waals surface area contributed by atoms with Crippen molar-refractivity contribution in [1.29, 1.82) is 0 Å². The Labute approximate surface area is 105 Å². The second-order valence-electron chi connectivity index (χ2n) is 3.84. The summed E-state index contributed by atoms with van der Waals surface area (Å²) in [6, 6.07) is 3.64. The molecule has 0 aliphatic carbocycles. The Morgan fingerprint density at radius 2 is 2.11 bits per heavy atom. The van der Waals surface area contributed by atoms with Gasteiger partial charge in [-0.3, -0.25) is 0 Å². The summed E-state index contributed by atoms with van der Waals surface area (Å²) < 4.78 is 4.97. The number of rotatable bonds is 5. The van der Waals surface area contributed by atoms with E-state index in [0.29, 0.717) is 18.3 Å². The molecule has 2 rings (SSSR count). The number of hydrogen-bond donors (Lipinski definition) is 2. The number of nitrogens with one attached hydrogen (secondary N) is 2. The van der Waals surface area contributed by atoms with Gasteiger partial charge in [0.05, 0.1) is 0 Å². The number of aromatic nitrogens is 3. The molecule has 6 heteroatoms. The standard InChI is InChI=1S/C12H15N5O/c1-4-5-13-10-6-8(2)14-12(15-10)16-11-7-9(3)18-17-11/h4,6-7H,1,5H2,2-3H3,(H2,13,14,15,16,17). The van der Waals surface area contributed by atoms with E-state index in [0.717, 1.165) is 17.3 Å². The molecule has 0 bridgehead atoms. The monoisotopic (exact) mass is 245 g/mol. The minimum Gasteiger partial charge on any atom is -0.366 e. The van der Waals surface area contributed by atoms with Gasteiger partial charge in [0.15, 0.2) is 5.82 Å². The smallest absolute Gasteiger partial charge is 0.230 e. The molecule has 0 spiro atoms. The van der Waals surface area contributed by atoms with Crippen LogP contribution in [0.2, 0.25) is 0 Å². The van der Waals surface area contributed by atoms with Crippen LogP contribution in [0.3, 0.4) is 0 Å². The summed E-state index contributed by atoms with van der Waals surface area (Å²) in [5, 5.41) is 9.93. The molecule has 0 saturated carbocycles. The first-order valence-electron chi connectivity index (χ1n) is 5.58. The third-order valence-electron chi connectivity index (χ3n) is 2.15. The molecule has 18 heavy (non-hydrogen) atoms. The lowest BCUT2D eigenvalue weighted by atomic mass is 10.4. The van der Waals surface area contributed by atoms with Crippen molar-refractivity contribution in [3.05, 3.63) is 36.2 Å². The molecule has 0 aromatic carbocycles. The summed E-state index contributed by atoms with van der Waals surface area (Å²) >= 11 is 0. The largest absolute Gasteiger partial charge is 0.366 e. The van der Waals surface area contributed by atoms with Gasteiger partial charge in [-0.25, -0.2) is 4.98 Å². The van der Waals surface area contributed by atoms with Crippen LogP contribution in [-0.4, -0.2) is 21.7 Å². The first kappa shape index (κ1) is 12.1. The van der Waals surface area contributed by atoms with Gasteiger partial charge in [0, 0.05) is 24.4 Å². The molecule has 0 atom stereocenters. The molecule has 2 aromatic heterocycles. The Bertz CT molecular complexity index is 549. The van der Waals surface area contributed by atoms with Crippen molar-refractivity contribution in [2.75, 3.05) is 17.2 Å². The van der Waals surface area contributed by atoms with Crippen LogP contribution >= 0.6 is 0 Å². The summed E-state index contributed by atoms with van der Waals surface area (Å²) in [6.07, 6.45) is 1.77. The molecule has 2 heterocycles. The molecule has 94 valence electrons. The first-order valence-corrected chi connectivity index (χ1v) is 5.58. The highest BCUT2D eigenvalue weighted by Crippen LogP contribution is 2.15. The van der Waals surface area contributed by atoms with Gasteiger partial charge in [-0.1, -0.05) is 11.2 Å². The lowest BCUT2D eigenvalue weighted by Crippen LogP contribution is -2.05. The molecule has 0 unspecified atom stereocenters. The summed E-state index contributed by atoms with van der Waals surface area (Å²) in [6.45, 7) is 8.03. The zero-order valence-electron chi connectivity index (χ0n) is 10.4. The van der Waals surface area contributed by atoms with Crippen LogP contribution in [0.5, 0.6) is 0 Å². The van der Waals surface area contributed by atoms with E-state index in [1.54, 1.807) is 12.1 Å². The highest BCUT2D eigenvalue weighted by molar-refractivity contribution is 5.51. The lowest BCUT2D eigenvalue weighted by molar-refractivity contribution is 0.400. The summed E-state index contributed by atoms with van der Waals surface area (Å²) in [7, 11) is 0. The molecule has 0 aliphatic heterocycles. The van der Waals surface area contributed by atoms with Crippen molar-refractivity contribution in [1.82, 2.24) is 15.1 Å². The number of nitrogens with zero attached hydrogens (tertiary/aromatic N) is 3. The van der Waals surface area contributed by atoms with Gasteiger partial charge in [-0.2, -0.15) is 4.98 Å². The van der Waals surface area contributed by atoms with Crippen LogP contribution in [0, 0.1) is 13.8 Å². The Balaban J connectivity index is 2.16. The number of anilines is 3. The molecule has 0 saturated heterocycles. The molecule has 0 aliphatic rings. The van der Waals surface area contributed by atoms with Gasteiger partial charge in [0.2, 0.25) is 5.95 Å². The van der Waals surface area contributed by atoms with E-state index in [2.05, 4.69) is 32.3 Å². The topological polar surface area (TPSA) is 75.9 Å². The highest BCUT2D eigenvalue weighted by atomic mass is 16.5. The lowest BCUT2D eigenvalue weighted by Gasteiger charge is -2.06. The van der Waals surface area contributed by atoms with E-state index >= 15 is 0 Å². The average molecular weight is 245 g/mol. The van der Waals surface area contributed by atoms with Crippen molar-refractivity contribution in [3.63, 3.8) is 0 Å². The van der Waals surface area contributed by atoms with E-state index in [-0.39, 0.29) is 0 Å². The van der Waals surface area contributed by atoms with Crippen LogP contribution in [0.1, 0.15) is 11.5 Å². The van der Waals surface area contributed by atoms with E-state index < -0.39 is 0 Å². The maximum atomic E-state index is 4.97. The molecule has 6 nitrogen and oxygen atoms in total. The normalized spacial score (nSPS) is 10.1. The molecule has 0 amide bonds. The quantitative estimate of drug-likeness (QED) is 0.788. The Hall–Kier alpha value is -2.37. The number of hydrogen-bond acceptors (Lipinski definition) is 6. The average Bonchev–Trinajstić information content (AvgIpc) is 2.71. The van der Waals surface area contributed by atoms with Crippen LogP contribution in [0.25, 0.3) is 0 Å². The van der Waals surface area contributed by atoms with E-state index in [1.165, 1.54) is 0 Å². The van der Waals surface area contributed by atoms with Crippen LogP contribution < -0.4 is 10.6 Å². The zero-order valence-corrected chi connectivity index (χ0v) is 10.4. The minimum atomic E-state index is 0.481. The minimum absolute atomic E-state index is 0.481. The first-order chi connectivity index (χ1) is 8.67. The maximum absolute atomic E-state index is 4.97. The van der Waals surface area contributed by atoms with E-state index in [4.69, 9.17) is 4.52 Å². The van der Waals surface area contributed by atoms with Gasteiger partial charge < -0.3 is 15.2 Å². The van der Waals surface area contributed by atoms with Crippen molar-refractivity contribution < 1.29 is 4.52 Å². The van der Waals surface area contributed by atoms with Gasteiger partial charge in [0.25, 0.3) is 0 Å². The van der Waals surface area contributed by atoms with Crippen LogP contribution in [0.4, 0.5) is 17.6 Å². The Kier molecular flexibility index (Phi) is 3.57. The SMILES string of the molecule is C=CCNc1cc(C)nc(Nc2cc(C)on2)n1. The fraction of sp³-hybridized carbons (Fsp3) is 0.250. The fourth-order valence-corrected chi connectivity index (χ4v) is 1.43. The van der Waals surface area contributed by atoms with Crippen LogP contribution in [-0.2, 0) is 0 Å². The second-order valence-corrected chi connectivity index (χ2v) is 3.84. The molecule has 2 N–H and O–H groups in total. The Morgan fingerprint density at radius 3 is 2.78 bits per heavy atom. The molecular formula is C12H15N5O. The second kappa shape index (κ2) is 5.31. The van der Waals surface area contributed by atoms with Crippen molar-refractivity contribution >= 4 is 17.6 Å². The third-order valence-corrected chi connectivity index (χ3v) is 2.15. The predicted octanol–water partition coefficient (Wildman–Crippen LogP) is 2.42. The molecule has 2 aromatic rings. The van der Waals surface area contributed by atoms with Gasteiger partial charge in [-0.05, 0) is 13.8 Å². The van der Waals surface area contributed by atoms with Crippen molar-refractivity contribution in [2.45, 2.75) is 13.8 Å². The maximum Gasteiger partial charge on any atom is 0.230 e. The molecular weight excluding hydrogens is 230 g/mol. The van der Waals surface area contributed by atoms with Crippen molar-refractivity contribution in [2.24, 2.45) is 0 Å². The third kappa shape index (κ3) is 3.07. The van der Waals surface area contributed by atoms with Gasteiger partial charge in [0.1, 0.15) is 11.6 Å². The molecule has 0 radical (unpaired) electrons. The van der Waals surface area contributed by atoms with Crippen molar-refractivity contribution in [3.8, 4) is 0 Å². The summed E-state index contributed by atoms with van der Waals surface area (Å²) in [5.41, 5.74) is 0.860. The van der Waals surface area contributed by atoms with Gasteiger partial charge >= 0.3 is 0 Å². The number of aryl methyl sites for hydroxylation is 2. The Morgan fingerprint density at radius 1 is 1.28 bits per heavy atom. The van der Waals surface area contributed by atoms with E-state index in [1.807, 2.05) is 19.9 Å². The summed E-state index contributed by atoms with van der Waals surface area (Å²) in [4.78, 5) is 8.59. The van der Waals surface area contributed by atoms with Gasteiger partial charge in [-0.15, -0.1) is 6.58 Å². The van der Waals surface area contributed by atoms with E-state index in [9.17, 15) is 0 Å². The zero-order chi connectivity index (χ0) is 13.0. The highest BCUT2D eigenvalue weighted by Gasteiger charge is 2.05.